The molecule has 3 N–H and O–H groups in total. The van der Waals surface area contributed by atoms with Crippen LogP contribution in [0.5, 0.6) is 0 Å². The second kappa shape index (κ2) is 3.78. The third-order valence-electron chi connectivity index (χ3n) is 1.62. The Morgan fingerprint density at radius 3 is 2.91 bits per heavy atom. The molecule has 1 rings (SSSR count). The lowest BCUT2D eigenvalue weighted by Crippen LogP contribution is -2.19. The Morgan fingerprint density at radius 2 is 2.45 bits per heavy atom. The highest BCUT2D eigenvalue weighted by Gasteiger charge is 2.18. The minimum atomic E-state index is -0.403. The second-order valence-electron chi connectivity index (χ2n) is 2.63. The summed E-state index contributed by atoms with van der Waals surface area (Å²) in [6.45, 7) is 0.850. The Balaban J connectivity index is 2.33. The van der Waals surface area contributed by atoms with Gasteiger partial charge in [-0.3, -0.25) is 4.79 Å². The van der Waals surface area contributed by atoms with E-state index in [1.165, 1.54) is 6.08 Å². The maximum Gasteiger partial charge on any atom is 0.241 e. The molecule has 1 heterocycles. The van der Waals surface area contributed by atoms with Gasteiger partial charge in [0.1, 0.15) is 0 Å². The fraction of sp³-hybridized carbons (Fsp3) is 0.571. The molecule has 0 aliphatic carbocycles. The lowest BCUT2D eigenvalue weighted by molar-refractivity contribution is -0.113. The third-order valence-corrected chi connectivity index (χ3v) is 1.98. The molecule has 4 heteroatoms. The Labute approximate surface area is 71.4 Å². The van der Waals surface area contributed by atoms with Gasteiger partial charge in [0.05, 0.1) is 0 Å². The summed E-state index contributed by atoms with van der Waals surface area (Å²) in [6, 6.07) is 0.241. The smallest absolute Gasteiger partial charge is 0.241 e. The van der Waals surface area contributed by atoms with E-state index in [-0.39, 0.29) is 11.3 Å². The number of nitrogens with one attached hydrogen (secondary N) is 1. The van der Waals surface area contributed by atoms with E-state index >= 15 is 0 Å². The van der Waals surface area contributed by atoms with Crippen LogP contribution in [0.2, 0.25) is 0 Å². The quantitative estimate of drug-likeness (QED) is 0.573. The van der Waals surface area contributed by atoms with E-state index in [4.69, 9.17) is 18.4 Å². The number of nitrogens with two attached hydrogens (primary N) is 1. The molecule has 2 atom stereocenters. The van der Waals surface area contributed by atoms with Crippen molar-refractivity contribution in [2.24, 2.45) is 5.73 Å². The monoisotopic (exact) mass is 171 g/mol. The highest BCUT2D eigenvalue weighted by molar-refractivity contribution is 7.81. The number of amides is 1. The van der Waals surface area contributed by atoms with Crippen LogP contribution in [0.3, 0.4) is 0 Å². The van der Waals surface area contributed by atoms with Gasteiger partial charge in [-0.2, -0.15) is 0 Å². The Kier molecular flexibility index (Phi) is 2.96. The molecule has 0 aromatic carbocycles. The third kappa shape index (κ3) is 2.95. The van der Waals surface area contributed by atoms with Crippen LogP contribution in [0.25, 0.3) is 0 Å². The van der Waals surface area contributed by atoms with E-state index in [2.05, 4.69) is 5.32 Å². The van der Waals surface area contributed by atoms with Crippen molar-refractivity contribution >= 4 is 18.5 Å². The van der Waals surface area contributed by atoms with Crippen molar-refractivity contribution in [2.75, 3.05) is 6.54 Å². The maximum absolute atomic E-state index is 10.3. The summed E-state index contributed by atoms with van der Waals surface area (Å²) in [6.07, 6.45) is 4.07. The zero-order valence-corrected chi connectivity index (χ0v) is 6.93. The van der Waals surface area contributed by atoms with E-state index in [0.717, 1.165) is 13.0 Å². The van der Waals surface area contributed by atoms with Gasteiger partial charge >= 0.3 is 0 Å². The van der Waals surface area contributed by atoms with Gasteiger partial charge in [0, 0.05) is 23.9 Å². The number of carbonyl (C=O) groups excluding carboxylic acids is 1. The average Bonchev–Trinajstić information content (AvgIpc) is 2.31. The predicted molar refractivity (Wildman–Crippen MR) is 46.1 cm³/mol. The van der Waals surface area contributed by atoms with Crippen molar-refractivity contribution in [3.63, 3.8) is 0 Å². The molecule has 0 saturated carbocycles. The molecule has 0 aromatic rings. The van der Waals surface area contributed by atoms with Crippen LogP contribution in [0.1, 0.15) is 6.42 Å². The van der Waals surface area contributed by atoms with Gasteiger partial charge in [-0.15, -0.1) is 0 Å². The molecule has 2 unspecified atom stereocenters. The average molecular weight is 171 g/mol. The van der Waals surface area contributed by atoms with Gasteiger partial charge in [-0.1, -0.05) is 18.7 Å². The first kappa shape index (κ1) is 8.62. The Hall–Kier alpha value is -0.480. The van der Waals surface area contributed by atoms with E-state index in [1.54, 1.807) is 6.08 Å². The zero-order valence-electron chi connectivity index (χ0n) is 6.12. The van der Waals surface area contributed by atoms with Crippen LogP contribution in [0.4, 0.5) is 0 Å². The summed E-state index contributed by atoms with van der Waals surface area (Å²) in [4.78, 5) is 10.3. The second-order valence-corrected chi connectivity index (χ2v) is 3.30. The van der Waals surface area contributed by atoms with Crippen LogP contribution in [-0.4, -0.2) is 23.7 Å². The zero-order chi connectivity index (χ0) is 8.27. The van der Waals surface area contributed by atoms with Crippen LogP contribution < -0.4 is 11.1 Å². The molecule has 1 saturated heterocycles. The summed E-state index contributed by atoms with van der Waals surface area (Å²) in [5.74, 6) is -0.403. The molecule has 1 fully saturated rings. The van der Waals surface area contributed by atoms with Crippen molar-refractivity contribution in [2.45, 2.75) is 17.7 Å². The molecule has 1 amide bonds. The first-order valence-electron chi connectivity index (χ1n) is 3.55. The van der Waals surface area contributed by atoms with Gasteiger partial charge in [0.25, 0.3) is 0 Å². The highest BCUT2D eigenvalue weighted by atomic mass is 32.1. The molecule has 1 aliphatic heterocycles. The summed E-state index contributed by atoms with van der Waals surface area (Å²) >= 11 is 5.05. The number of hydrogen-bond acceptors (Lipinski definition) is 2. The molecular weight excluding hydrogens is 160 g/mol. The number of carbonyl (C=O) groups is 1. The lowest BCUT2D eigenvalue weighted by Gasteiger charge is -2.00. The van der Waals surface area contributed by atoms with Gasteiger partial charge in [0.15, 0.2) is 0 Å². The summed E-state index contributed by atoms with van der Waals surface area (Å²) < 4.78 is 0. The minimum absolute atomic E-state index is 0.241. The van der Waals surface area contributed by atoms with Crippen LogP contribution in [0.15, 0.2) is 12.2 Å². The molecule has 3 nitrogen and oxygen atoms in total. The molecule has 1 aliphatic rings. The molecule has 0 bridgehead atoms. The van der Waals surface area contributed by atoms with Crippen molar-refractivity contribution < 1.29 is 4.79 Å². The van der Waals surface area contributed by atoms with Crippen molar-refractivity contribution in [1.29, 1.82) is 0 Å². The molecule has 1 radical (unpaired) electrons. The van der Waals surface area contributed by atoms with E-state index in [9.17, 15) is 4.79 Å². The number of primary amides is 1. The first-order chi connectivity index (χ1) is 5.18. The van der Waals surface area contributed by atoms with E-state index < -0.39 is 5.91 Å². The van der Waals surface area contributed by atoms with E-state index in [0.29, 0.717) is 0 Å². The summed E-state index contributed by atoms with van der Waals surface area (Å²) in [5.41, 5.74) is 4.93. The normalized spacial score (nSPS) is 31.4. The van der Waals surface area contributed by atoms with Gasteiger partial charge in [-0.05, 0) is 6.42 Å². The molecular formula is C7H11N2OS. The lowest BCUT2D eigenvalue weighted by atomic mass is 10.2. The van der Waals surface area contributed by atoms with Crippen molar-refractivity contribution in [3.05, 3.63) is 12.2 Å². The Bertz CT molecular complexity index is 181. The van der Waals surface area contributed by atoms with E-state index in [1.807, 2.05) is 0 Å². The standard InChI is InChI=1S/C7H11N2OS/c8-7(10)2-1-5-3-6(11)4-9-5/h1-2,5-6,9H,3-4H2,(H2,8,10). The van der Waals surface area contributed by atoms with Gasteiger partial charge < -0.3 is 11.1 Å². The SMILES string of the molecule is NC(=O)C=CC1CC([S])CN1. The molecule has 0 spiro atoms. The molecule has 11 heavy (non-hydrogen) atoms. The van der Waals surface area contributed by atoms with Crippen molar-refractivity contribution in [1.82, 2.24) is 5.32 Å². The molecule has 0 aromatic heterocycles. The summed E-state index contributed by atoms with van der Waals surface area (Å²) in [5, 5.41) is 3.45. The topological polar surface area (TPSA) is 55.1 Å². The maximum atomic E-state index is 10.3. The largest absolute Gasteiger partial charge is 0.366 e. The molecule has 61 valence electrons. The minimum Gasteiger partial charge on any atom is -0.366 e. The fourth-order valence-electron chi connectivity index (χ4n) is 1.09. The number of hydrogen-bond donors (Lipinski definition) is 2. The summed E-state index contributed by atoms with van der Waals surface area (Å²) in [7, 11) is 0. The predicted octanol–water partition coefficient (Wildman–Crippen LogP) is -0.0441. The highest BCUT2D eigenvalue weighted by Crippen LogP contribution is 2.12. The van der Waals surface area contributed by atoms with Crippen LogP contribution >= 0.6 is 12.6 Å². The van der Waals surface area contributed by atoms with Crippen LogP contribution in [-0.2, 0) is 4.79 Å². The first-order valence-corrected chi connectivity index (χ1v) is 4.02. The fourth-order valence-corrected chi connectivity index (χ4v) is 1.39. The van der Waals surface area contributed by atoms with Crippen LogP contribution in [0, 0.1) is 0 Å². The number of rotatable bonds is 2. The van der Waals surface area contributed by atoms with Gasteiger partial charge in [-0.25, -0.2) is 0 Å². The van der Waals surface area contributed by atoms with Crippen molar-refractivity contribution in [3.8, 4) is 0 Å². The Morgan fingerprint density at radius 1 is 1.73 bits per heavy atom. The van der Waals surface area contributed by atoms with Gasteiger partial charge in [0.2, 0.25) is 5.91 Å².